The number of hydrazine groups is 1. The van der Waals surface area contributed by atoms with Crippen molar-refractivity contribution in [3.8, 4) is 0 Å². The lowest BCUT2D eigenvalue weighted by Gasteiger charge is -1.96. The van der Waals surface area contributed by atoms with Crippen LogP contribution in [0.3, 0.4) is 0 Å². The summed E-state index contributed by atoms with van der Waals surface area (Å²) in [7, 11) is 0. The summed E-state index contributed by atoms with van der Waals surface area (Å²) in [5.41, 5.74) is 6.74. The van der Waals surface area contributed by atoms with Gasteiger partial charge in [0.2, 0.25) is 0 Å². The summed E-state index contributed by atoms with van der Waals surface area (Å²) in [5, 5.41) is 0. The summed E-state index contributed by atoms with van der Waals surface area (Å²) in [6.45, 7) is 7.48. The molecule has 0 spiro atoms. The molecule has 0 aliphatic rings. The van der Waals surface area contributed by atoms with E-state index in [1.807, 2.05) is 20.0 Å². The molecule has 0 unspecified atom stereocenters. The summed E-state index contributed by atoms with van der Waals surface area (Å²) in [5.74, 6) is 0. The van der Waals surface area contributed by atoms with Crippen LogP contribution in [0.25, 0.3) is 0 Å². The van der Waals surface area contributed by atoms with Crippen LogP contribution in [-0.4, -0.2) is 0 Å². The first kappa shape index (κ1) is 7.08. The van der Waals surface area contributed by atoms with Crippen LogP contribution in [0.4, 0.5) is 0 Å². The molecule has 0 aliphatic carbocycles. The van der Waals surface area contributed by atoms with E-state index in [2.05, 4.69) is 17.4 Å². The highest BCUT2D eigenvalue weighted by Gasteiger charge is 1.69. The highest BCUT2D eigenvalue weighted by Crippen LogP contribution is 1.80. The summed E-state index contributed by atoms with van der Waals surface area (Å²) in [4.78, 5) is 0. The zero-order chi connectivity index (χ0) is 6.41. The van der Waals surface area contributed by atoms with Gasteiger partial charge < -0.3 is 10.9 Å². The van der Waals surface area contributed by atoms with Gasteiger partial charge in [0.05, 0.1) is 0 Å². The minimum Gasteiger partial charge on any atom is -0.309 e. The van der Waals surface area contributed by atoms with E-state index in [0.29, 0.717) is 0 Å². The van der Waals surface area contributed by atoms with Gasteiger partial charge in [0.1, 0.15) is 0 Å². The molecule has 2 N–H and O–H groups in total. The molecule has 0 atom stereocenters. The summed E-state index contributed by atoms with van der Waals surface area (Å²) < 4.78 is 0. The highest BCUT2D eigenvalue weighted by atomic mass is 15.3. The zero-order valence-electron chi connectivity index (χ0n) is 5.36. The molecule has 0 saturated heterocycles. The second-order valence-corrected chi connectivity index (χ2v) is 1.71. The van der Waals surface area contributed by atoms with E-state index < -0.39 is 0 Å². The Hall–Kier alpha value is -0.920. The maximum atomic E-state index is 3.45. The van der Waals surface area contributed by atoms with Crippen LogP contribution in [0.5, 0.6) is 0 Å². The number of allylic oxidation sites excluding steroid dienone is 1. The van der Waals surface area contributed by atoms with Crippen molar-refractivity contribution in [3.05, 3.63) is 24.6 Å². The van der Waals surface area contributed by atoms with E-state index in [4.69, 9.17) is 0 Å². The minimum atomic E-state index is 1.22. The normalized spacial score (nSPS) is 7.25. The summed E-state index contributed by atoms with van der Waals surface area (Å²) in [6, 6.07) is 0. The van der Waals surface area contributed by atoms with Crippen molar-refractivity contribution in [1.29, 1.82) is 0 Å². The molecule has 0 aromatic rings. The number of hydrogen-bond donors (Lipinski definition) is 2. The van der Waals surface area contributed by atoms with Crippen molar-refractivity contribution in [1.82, 2.24) is 10.9 Å². The highest BCUT2D eigenvalue weighted by molar-refractivity contribution is 4.90. The predicted molar refractivity (Wildman–Crippen MR) is 35.9 cm³/mol. The Kier molecular flexibility index (Phi) is 3.76. The monoisotopic (exact) mass is 112 g/mol. The Bertz CT molecular complexity index is 90.7. The first-order valence-electron chi connectivity index (χ1n) is 2.52. The molecular weight excluding hydrogens is 100 g/mol. The fourth-order valence-electron chi connectivity index (χ4n) is 0.245. The fraction of sp³-hybridized carbons (Fsp3) is 0.333. The molecule has 0 rings (SSSR count). The van der Waals surface area contributed by atoms with Crippen LogP contribution in [0.2, 0.25) is 0 Å². The third-order valence-electron chi connectivity index (χ3n) is 0.546. The van der Waals surface area contributed by atoms with E-state index in [1.54, 1.807) is 6.20 Å². The molecule has 0 heterocycles. The lowest BCUT2D eigenvalue weighted by atomic mass is 10.4. The van der Waals surface area contributed by atoms with Gasteiger partial charge in [-0.3, -0.25) is 0 Å². The standard InChI is InChI=1S/C6H12N2/c1-4-7-8-5-6(2)3/h4-5,7-8H,1H2,2-3H3. The quantitative estimate of drug-likeness (QED) is 0.422. The molecule has 0 saturated carbocycles. The van der Waals surface area contributed by atoms with Crippen LogP contribution in [-0.2, 0) is 0 Å². The summed E-state index contributed by atoms with van der Waals surface area (Å²) >= 11 is 0. The van der Waals surface area contributed by atoms with Crippen molar-refractivity contribution in [2.75, 3.05) is 0 Å². The van der Waals surface area contributed by atoms with Gasteiger partial charge in [0, 0.05) is 12.4 Å². The van der Waals surface area contributed by atoms with Crippen LogP contribution in [0, 0.1) is 0 Å². The van der Waals surface area contributed by atoms with Gasteiger partial charge in [-0.2, -0.15) is 0 Å². The van der Waals surface area contributed by atoms with Crippen molar-refractivity contribution in [2.45, 2.75) is 13.8 Å². The largest absolute Gasteiger partial charge is 0.309 e. The average molecular weight is 112 g/mol. The first-order chi connectivity index (χ1) is 3.77. The smallest absolute Gasteiger partial charge is 0.0164 e. The second kappa shape index (κ2) is 4.24. The predicted octanol–water partition coefficient (Wildman–Crippen LogP) is 1.15. The van der Waals surface area contributed by atoms with E-state index in [0.717, 1.165) is 0 Å². The van der Waals surface area contributed by atoms with Gasteiger partial charge in [-0.25, -0.2) is 0 Å². The molecule has 8 heavy (non-hydrogen) atoms. The number of hydrogen-bond acceptors (Lipinski definition) is 2. The average Bonchev–Trinajstić information content (AvgIpc) is 1.66. The van der Waals surface area contributed by atoms with Gasteiger partial charge in [-0.05, 0) is 13.8 Å². The Morgan fingerprint density at radius 3 is 2.38 bits per heavy atom. The fourth-order valence-corrected chi connectivity index (χ4v) is 0.245. The molecule has 0 aliphatic heterocycles. The molecule has 2 heteroatoms. The Balaban J connectivity index is 3.15. The van der Waals surface area contributed by atoms with Crippen molar-refractivity contribution >= 4 is 0 Å². The Labute approximate surface area is 50.3 Å². The van der Waals surface area contributed by atoms with Crippen LogP contribution < -0.4 is 10.9 Å². The van der Waals surface area contributed by atoms with Gasteiger partial charge in [0.15, 0.2) is 0 Å². The van der Waals surface area contributed by atoms with Crippen LogP contribution >= 0.6 is 0 Å². The molecule has 0 aromatic carbocycles. The maximum Gasteiger partial charge on any atom is 0.0164 e. The van der Waals surface area contributed by atoms with Crippen molar-refractivity contribution in [3.63, 3.8) is 0 Å². The lowest BCUT2D eigenvalue weighted by molar-refractivity contribution is 0.772. The third kappa shape index (κ3) is 5.08. The number of nitrogens with one attached hydrogen (secondary N) is 2. The maximum absolute atomic E-state index is 3.45. The zero-order valence-corrected chi connectivity index (χ0v) is 5.36. The molecule has 0 aromatic heterocycles. The molecule has 0 radical (unpaired) electrons. The van der Waals surface area contributed by atoms with E-state index >= 15 is 0 Å². The van der Waals surface area contributed by atoms with E-state index in [-0.39, 0.29) is 0 Å². The Morgan fingerprint density at radius 2 is 2.00 bits per heavy atom. The number of rotatable bonds is 3. The molecular formula is C6H12N2. The first-order valence-corrected chi connectivity index (χ1v) is 2.52. The van der Waals surface area contributed by atoms with Crippen LogP contribution in [0.1, 0.15) is 13.8 Å². The van der Waals surface area contributed by atoms with Gasteiger partial charge >= 0.3 is 0 Å². The second-order valence-electron chi connectivity index (χ2n) is 1.71. The van der Waals surface area contributed by atoms with Gasteiger partial charge in [-0.15, -0.1) is 0 Å². The Morgan fingerprint density at radius 1 is 1.38 bits per heavy atom. The third-order valence-corrected chi connectivity index (χ3v) is 0.546. The minimum absolute atomic E-state index is 1.22. The van der Waals surface area contributed by atoms with Gasteiger partial charge in [0.25, 0.3) is 0 Å². The summed E-state index contributed by atoms with van der Waals surface area (Å²) in [6.07, 6.45) is 3.45. The van der Waals surface area contributed by atoms with E-state index in [9.17, 15) is 0 Å². The topological polar surface area (TPSA) is 24.1 Å². The van der Waals surface area contributed by atoms with Crippen molar-refractivity contribution < 1.29 is 0 Å². The van der Waals surface area contributed by atoms with Gasteiger partial charge in [-0.1, -0.05) is 12.2 Å². The van der Waals surface area contributed by atoms with E-state index in [1.165, 1.54) is 5.57 Å². The SMILES string of the molecule is C=CNNC=C(C)C. The lowest BCUT2D eigenvalue weighted by Crippen LogP contribution is -2.19. The molecule has 0 fully saturated rings. The molecule has 46 valence electrons. The molecule has 0 bridgehead atoms. The molecule has 0 amide bonds. The molecule has 2 nitrogen and oxygen atoms in total. The van der Waals surface area contributed by atoms with Crippen molar-refractivity contribution in [2.24, 2.45) is 0 Å². The van der Waals surface area contributed by atoms with Crippen LogP contribution in [0.15, 0.2) is 24.6 Å².